The van der Waals surface area contributed by atoms with Gasteiger partial charge < -0.3 is 4.43 Å². The Morgan fingerprint density at radius 3 is 2.06 bits per heavy atom. The molecule has 2 heteroatoms. The molecule has 2 atom stereocenters. The smallest absolute Gasteiger partial charge is 0.192 e. The van der Waals surface area contributed by atoms with Gasteiger partial charge in [0.2, 0.25) is 0 Å². The minimum absolute atomic E-state index is 0.331. The first-order chi connectivity index (χ1) is 7.43. The Bertz CT molecular complexity index is 263. The molecule has 2 unspecified atom stereocenters. The Morgan fingerprint density at radius 2 is 1.65 bits per heavy atom. The zero-order valence-corrected chi connectivity index (χ0v) is 14.2. The van der Waals surface area contributed by atoms with Crippen LogP contribution in [0.3, 0.4) is 0 Å². The zero-order valence-electron chi connectivity index (χ0n) is 13.2. The summed E-state index contributed by atoms with van der Waals surface area (Å²) >= 11 is 0. The van der Waals surface area contributed by atoms with Crippen molar-refractivity contribution >= 4 is 8.32 Å². The van der Waals surface area contributed by atoms with Crippen LogP contribution < -0.4 is 0 Å². The fourth-order valence-electron chi connectivity index (χ4n) is 2.94. The Balaban J connectivity index is 2.69. The fraction of sp³-hybridized carbons (Fsp3) is 1.00. The van der Waals surface area contributed by atoms with Gasteiger partial charge in [-0.15, -0.1) is 0 Å². The van der Waals surface area contributed by atoms with Crippen LogP contribution in [0.4, 0.5) is 0 Å². The highest BCUT2D eigenvalue weighted by atomic mass is 28.4. The van der Waals surface area contributed by atoms with Gasteiger partial charge in [0.05, 0.1) is 0 Å². The Kier molecular flexibility index (Phi) is 4.21. The van der Waals surface area contributed by atoms with E-state index >= 15 is 0 Å². The predicted octanol–water partition coefficient (Wildman–Crippen LogP) is 5.22. The van der Waals surface area contributed by atoms with Gasteiger partial charge in [0.15, 0.2) is 8.32 Å². The van der Waals surface area contributed by atoms with E-state index in [0.717, 1.165) is 5.92 Å². The van der Waals surface area contributed by atoms with Crippen LogP contribution >= 0.6 is 0 Å². The minimum Gasteiger partial charge on any atom is -0.414 e. The van der Waals surface area contributed by atoms with Gasteiger partial charge in [-0.1, -0.05) is 41.5 Å². The quantitative estimate of drug-likeness (QED) is 0.615. The zero-order chi connectivity index (χ0) is 13.5. The molecule has 1 rings (SSSR count). The van der Waals surface area contributed by atoms with Crippen LogP contribution in [0.1, 0.15) is 60.8 Å². The van der Waals surface area contributed by atoms with Crippen LogP contribution in [0, 0.1) is 11.3 Å². The SMILES string of the molecule is CC1CC(O[Si](C)(C)C(C)(C)C)CC(C)(C)C1. The van der Waals surface area contributed by atoms with Gasteiger partial charge in [-0.25, -0.2) is 0 Å². The molecule has 0 heterocycles. The fourth-order valence-corrected chi connectivity index (χ4v) is 4.31. The molecular weight excluding hydrogens is 224 g/mol. The van der Waals surface area contributed by atoms with Gasteiger partial charge in [0.25, 0.3) is 0 Å². The van der Waals surface area contributed by atoms with Crippen molar-refractivity contribution in [2.45, 2.75) is 85.0 Å². The van der Waals surface area contributed by atoms with Crippen molar-refractivity contribution in [2.75, 3.05) is 0 Å². The molecule has 102 valence electrons. The highest BCUT2D eigenvalue weighted by molar-refractivity contribution is 6.74. The molecule has 1 aliphatic carbocycles. The van der Waals surface area contributed by atoms with Crippen LogP contribution in [-0.4, -0.2) is 14.4 Å². The molecule has 0 bridgehead atoms. The van der Waals surface area contributed by atoms with E-state index in [0.29, 0.717) is 16.6 Å². The molecule has 0 spiro atoms. The third kappa shape index (κ3) is 4.10. The lowest BCUT2D eigenvalue weighted by Gasteiger charge is -2.45. The number of rotatable bonds is 2. The van der Waals surface area contributed by atoms with Crippen molar-refractivity contribution in [1.82, 2.24) is 0 Å². The molecule has 0 aromatic heterocycles. The highest BCUT2D eigenvalue weighted by Gasteiger charge is 2.42. The van der Waals surface area contributed by atoms with E-state index in [1.54, 1.807) is 0 Å². The highest BCUT2D eigenvalue weighted by Crippen LogP contribution is 2.44. The van der Waals surface area contributed by atoms with Crippen LogP contribution in [0.15, 0.2) is 0 Å². The van der Waals surface area contributed by atoms with E-state index in [1.807, 2.05) is 0 Å². The van der Waals surface area contributed by atoms with Gasteiger partial charge in [-0.2, -0.15) is 0 Å². The summed E-state index contributed by atoms with van der Waals surface area (Å²) in [6.07, 6.45) is 4.35. The average molecular weight is 257 g/mol. The third-order valence-electron chi connectivity index (χ3n) is 4.61. The van der Waals surface area contributed by atoms with E-state index in [9.17, 15) is 0 Å². The second kappa shape index (κ2) is 4.69. The number of hydrogen-bond donors (Lipinski definition) is 0. The Morgan fingerprint density at radius 1 is 1.12 bits per heavy atom. The van der Waals surface area contributed by atoms with E-state index in [4.69, 9.17) is 4.43 Å². The molecule has 0 radical (unpaired) electrons. The van der Waals surface area contributed by atoms with Gasteiger partial charge in [0, 0.05) is 6.10 Å². The summed E-state index contributed by atoms with van der Waals surface area (Å²) in [5.74, 6) is 0.813. The van der Waals surface area contributed by atoms with E-state index in [1.165, 1.54) is 19.3 Å². The molecule has 0 saturated heterocycles. The lowest BCUT2D eigenvalue weighted by molar-refractivity contribution is 0.0469. The Hall–Kier alpha value is 0.177. The normalized spacial score (nSPS) is 30.4. The molecule has 0 aromatic carbocycles. The summed E-state index contributed by atoms with van der Waals surface area (Å²) in [6.45, 7) is 18.9. The molecule has 0 aliphatic heterocycles. The standard InChI is InChI=1S/C15H32OSi/c1-12-9-13(11-15(5,6)10-12)16-17(7,8)14(2,3)4/h12-13H,9-11H2,1-8H3. The first-order valence-electron chi connectivity index (χ1n) is 7.11. The monoisotopic (exact) mass is 256 g/mol. The summed E-state index contributed by atoms with van der Waals surface area (Å²) in [5.41, 5.74) is 0.463. The van der Waals surface area contributed by atoms with E-state index < -0.39 is 8.32 Å². The first-order valence-corrected chi connectivity index (χ1v) is 10.0. The molecule has 0 amide bonds. The van der Waals surface area contributed by atoms with Crippen LogP contribution in [0.25, 0.3) is 0 Å². The Labute approximate surface area is 109 Å². The van der Waals surface area contributed by atoms with Crippen molar-refractivity contribution in [3.8, 4) is 0 Å². The van der Waals surface area contributed by atoms with Crippen LogP contribution in [-0.2, 0) is 4.43 Å². The second-order valence-corrected chi connectivity index (χ2v) is 13.2. The van der Waals surface area contributed by atoms with Gasteiger partial charge in [-0.3, -0.25) is 0 Å². The molecular formula is C15H32OSi. The lowest BCUT2D eigenvalue weighted by atomic mass is 9.72. The van der Waals surface area contributed by atoms with E-state index in [2.05, 4.69) is 54.6 Å². The van der Waals surface area contributed by atoms with Gasteiger partial charge >= 0.3 is 0 Å². The van der Waals surface area contributed by atoms with E-state index in [-0.39, 0.29) is 0 Å². The van der Waals surface area contributed by atoms with Crippen molar-refractivity contribution in [3.63, 3.8) is 0 Å². The maximum atomic E-state index is 6.59. The second-order valence-electron chi connectivity index (χ2n) is 8.41. The summed E-state index contributed by atoms with van der Waals surface area (Å²) in [4.78, 5) is 0. The average Bonchev–Trinajstić information content (AvgIpc) is 1.94. The van der Waals surface area contributed by atoms with Crippen molar-refractivity contribution < 1.29 is 4.43 Å². The van der Waals surface area contributed by atoms with Gasteiger partial charge in [0.1, 0.15) is 0 Å². The lowest BCUT2D eigenvalue weighted by Crippen LogP contribution is -2.46. The van der Waals surface area contributed by atoms with Crippen molar-refractivity contribution in [1.29, 1.82) is 0 Å². The summed E-state index contributed by atoms with van der Waals surface area (Å²) < 4.78 is 6.59. The summed E-state index contributed by atoms with van der Waals surface area (Å²) in [7, 11) is -1.58. The topological polar surface area (TPSA) is 9.23 Å². The summed E-state index contributed by atoms with van der Waals surface area (Å²) in [6, 6.07) is 0. The maximum Gasteiger partial charge on any atom is 0.192 e. The molecule has 0 N–H and O–H groups in total. The third-order valence-corrected chi connectivity index (χ3v) is 9.15. The molecule has 0 aromatic rings. The molecule has 1 saturated carbocycles. The van der Waals surface area contributed by atoms with Crippen molar-refractivity contribution in [3.05, 3.63) is 0 Å². The van der Waals surface area contributed by atoms with Crippen LogP contribution in [0.2, 0.25) is 18.1 Å². The number of hydrogen-bond acceptors (Lipinski definition) is 1. The molecule has 17 heavy (non-hydrogen) atoms. The molecule has 1 fully saturated rings. The predicted molar refractivity (Wildman–Crippen MR) is 78.9 cm³/mol. The largest absolute Gasteiger partial charge is 0.414 e. The summed E-state index contributed by atoms with van der Waals surface area (Å²) in [5, 5.41) is 0.331. The van der Waals surface area contributed by atoms with Crippen LogP contribution in [0.5, 0.6) is 0 Å². The van der Waals surface area contributed by atoms with Crippen molar-refractivity contribution in [2.24, 2.45) is 11.3 Å². The minimum atomic E-state index is -1.58. The maximum absolute atomic E-state index is 6.59. The molecule has 1 aliphatic rings. The van der Waals surface area contributed by atoms with Gasteiger partial charge in [-0.05, 0) is 48.7 Å². The molecule has 1 nitrogen and oxygen atoms in total. The first kappa shape index (κ1) is 15.2.